The molecule has 5 nitrogen and oxygen atoms in total. The fraction of sp³-hybridized carbons (Fsp3) is 0.0909. The number of hydrogen-bond donors (Lipinski definition) is 2. The lowest BCUT2D eigenvalue weighted by molar-refractivity contribution is 0.0997. The van der Waals surface area contributed by atoms with Crippen molar-refractivity contribution >= 4 is 22.6 Å². The number of nitrogens with one attached hydrogen (secondary N) is 1. The number of H-pyrrole nitrogens is 1. The van der Waals surface area contributed by atoms with Gasteiger partial charge >= 0.3 is 0 Å². The van der Waals surface area contributed by atoms with Crippen LogP contribution in [0.15, 0.2) is 24.4 Å². The molecule has 17 heavy (non-hydrogen) atoms. The topological polar surface area (TPSA) is 76.2 Å². The van der Waals surface area contributed by atoms with Gasteiger partial charge in [0.05, 0.1) is 17.6 Å². The second-order valence-corrected chi connectivity index (χ2v) is 3.73. The lowest BCUT2D eigenvalue weighted by atomic mass is 10.3. The van der Waals surface area contributed by atoms with Crippen LogP contribution in [0.25, 0.3) is 16.8 Å². The normalized spacial score (nSPS) is 11.4. The van der Waals surface area contributed by atoms with Crippen LogP contribution >= 0.6 is 0 Å². The predicted molar refractivity (Wildman–Crippen MR) is 60.4 cm³/mol. The lowest BCUT2D eigenvalue weighted by Crippen LogP contribution is -2.13. The summed E-state index contributed by atoms with van der Waals surface area (Å²) in [7, 11) is 0. The molecule has 0 fully saturated rings. The molecule has 3 N–H and O–H groups in total. The molecule has 2 aromatic heterocycles. The summed E-state index contributed by atoms with van der Waals surface area (Å²) in [6.45, 7) is -0.0593. The van der Waals surface area contributed by atoms with E-state index in [9.17, 15) is 9.18 Å². The van der Waals surface area contributed by atoms with Gasteiger partial charge in [0.1, 0.15) is 11.5 Å². The molecule has 3 aromatic rings. The number of rotatable bonds is 2. The third-order valence-corrected chi connectivity index (χ3v) is 2.64. The van der Waals surface area contributed by atoms with Gasteiger partial charge in [-0.2, -0.15) is 0 Å². The predicted octanol–water partition coefficient (Wildman–Crippen LogP) is 1.10. The maximum absolute atomic E-state index is 13.0. The average Bonchev–Trinajstić information content (AvgIpc) is 2.84. The molecule has 0 atom stereocenters. The fourth-order valence-electron chi connectivity index (χ4n) is 1.82. The summed E-state index contributed by atoms with van der Waals surface area (Å²) >= 11 is 0. The molecular weight excluding hydrogens is 223 g/mol. The summed E-state index contributed by atoms with van der Waals surface area (Å²) in [4.78, 5) is 18.5. The number of carbonyl (C=O) groups excluding carboxylic acids is 1. The highest BCUT2D eigenvalue weighted by Gasteiger charge is 2.12. The number of fused-ring (bicyclic) bond motifs is 3. The van der Waals surface area contributed by atoms with E-state index in [1.54, 1.807) is 16.7 Å². The molecule has 0 unspecified atom stereocenters. The Labute approximate surface area is 95.1 Å². The number of nitrogens with zero attached hydrogens (tertiary/aromatic N) is 2. The molecule has 6 heteroatoms. The number of hydrogen-bond acceptors (Lipinski definition) is 3. The Kier molecular flexibility index (Phi) is 1.99. The molecule has 0 aliphatic carbocycles. The van der Waals surface area contributed by atoms with Crippen molar-refractivity contribution < 1.29 is 9.18 Å². The first-order valence-corrected chi connectivity index (χ1v) is 5.08. The Morgan fingerprint density at radius 1 is 1.53 bits per heavy atom. The summed E-state index contributed by atoms with van der Waals surface area (Å²) in [5.41, 5.74) is 6.97. The van der Waals surface area contributed by atoms with Gasteiger partial charge in [-0.05, 0) is 12.1 Å². The SMILES string of the molecule is NCC(=O)c1cn2c(nc3cc(F)ccc32)[nH]1. The molecule has 86 valence electrons. The number of aromatic nitrogens is 3. The van der Waals surface area contributed by atoms with Crippen molar-refractivity contribution in [2.75, 3.05) is 6.54 Å². The number of Topliss-reactive ketones (excluding diaryl/α,β-unsaturated/α-hetero) is 1. The summed E-state index contributed by atoms with van der Waals surface area (Å²) in [5, 5.41) is 0. The van der Waals surface area contributed by atoms with Crippen molar-refractivity contribution in [1.82, 2.24) is 14.4 Å². The van der Waals surface area contributed by atoms with Gasteiger partial charge in [0.2, 0.25) is 5.78 Å². The first kappa shape index (κ1) is 9.98. The fourth-order valence-corrected chi connectivity index (χ4v) is 1.82. The van der Waals surface area contributed by atoms with Crippen LogP contribution in [0.3, 0.4) is 0 Å². The quantitative estimate of drug-likeness (QED) is 0.649. The highest BCUT2D eigenvalue weighted by molar-refractivity contribution is 5.96. The minimum Gasteiger partial charge on any atom is -0.324 e. The second kappa shape index (κ2) is 3.39. The van der Waals surface area contributed by atoms with E-state index >= 15 is 0 Å². The van der Waals surface area contributed by atoms with Crippen LogP contribution in [0, 0.1) is 5.82 Å². The molecule has 0 amide bonds. The van der Waals surface area contributed by atoms with E-state index in [1.807, 2.05) is 0 Å². The van der Waals surface area contributed by atoms with Crippen LogP contribution in [0.4, 0.5) is 4.39 Å². The van der Waals surface area contributed by atoms with Crippen molar-refractivity contribution in [1.29, 1.82) is 0 Å². The van der Waals surface area contributed by atoms with Crippen LogP contribution < -0.4 is 5.73 Å². The minimum atomic E-state index is -0.337. The smallest absolute Gasteiger partial charge is 0.212 e. The maximum atomic E-state index is 13.0. The number of ketones is 1. The third kappa shape index (κ3) is 1.42. The molecule has 0 saturated heterocycles. The van der Waals surface area contributed by atoms with E-state index in [0.717, 1.165) is 5.52 Å². The Morgan fingerprint density at radius 3 is 3.12 bits per heavy atom. The second-order valence-electron chi connectivity index (χ2n) is 3.73. The summed E-state index contributed by atoms with van der Waals surface area (Å²) in [6, 6.07) is 4.32. The lowest BCUT2D eigenvalue weighted by Gasteiger charge is -1.91. The molecule has 1 aromatic carbocycles. The van der Waals surface area contributed by atoms with Gasteiger partial charge in [-0.3, -0.25) is 9.20 Å². The van der Waals surface area contributed by atoms with Crippen molar-refractivity contribution in [3.05, 3.63) is 35.9 Å². The van der Waals surface area contributed by atoms with E-state index in [-0.39, 0.29) is 18.1 Å². The van der Waals surface area contributed by atoms with Crippen molar-refractivity contribution in [2.24, 2.45) is 5.73 Å². The van der Waals surface area contributed by atoms with Gasteiger partial charge in [-0.25, -0.2) is 9.37 Å². The summed E-state index contributed by atoms with van der Waals surface area (Å²) in [6.07, 6.45) is 1.62. The number of nitrogens with two attached hydrogens (primary N) is 1. The Hall–Kier alpha value is -2.21. The van der Waals surface area contributed by atoms with Gasteiger partial charge in [0.25, 0.3) is 0 Å². The van der Waals surface area contributed by atoms with E-state index in [2.05, 4.69) is 9.97 Å². The monoisotopic (exact) mass is 232 g/mol. The minimum absolute atomic E-state index is 0.0593. The molecular formula is C11H9FN4O. The molecule has 2 heterocycles. The number of imidazole rings is 2. The maximum Gasteiger partial charge on any atom is 0.212 e. The summed E-state index contributed by atoms with van der Waals surface area (Å²) in [5.74, 6) is -0.0235. The van der Waals surface area contributed by atoms with Crippen molar-refractivity contribution in [3.8, 4) is 0 Å². The number of carbonyl (C=O) groups is 1. The number of benzene rings is 1. The zero-order valence-corrected chi connectivity index (χ0v) is 8.77. The zero-order chi connectivity index (χ0) is 12.0. The summed E-state index contributed by atoms with van der Waals surface area (Å²) < 4.78 is 14.7. The van der Waals surface area contributed by atoms with E-state index in [1.165, 1.54) is 12.1 Å². The largest absolute Gasteiger partial charge is 0.324 e. The first-order valence-electron chi connectivity index (χ1n) is 5.08. The molecule has 0 spiro atoms. The van der Waals surface area contributed by atoms with Crippen LogP contribution in [0.2, 0.25) is 0 Å². The van der Waals surface area contributed by atoms with E-state index in [4.69, 9.17) is 5.73 Å². The number of halogens is 1. The van der Waals surface area contributed by atoms with Crippen molar-refractivity contribution in [3.63, 3.8) is 0 Å². The molecule has 0 aliphatic rings. The molecule has 0 bridgehead atoms. The van der Waals surface area contributed by atoms with E-state index < -0.39 is 0 Å². The molecule has 0 aliphatic heterocycles. The van der Waals surface area contributed by atoms with Crippen LogP contribution in [-0.4, -0.2) is 26.7 Å². The van der Waals surface area contributed by atoms with Gasteiger partial charge < -0.3 is 10.7 Å². The third-order valence-electron chi connectivity index (χ3n) is 2.64. The van der Waals surface area contributed by atoms with Crippen LogP contribution in [0.5, 0.6) is 0 Å². The Morgan fingerprint density at radius 2 is 2.35 bits per heavy atom. The van der Waals surface area contributed by atoms with Crippen molar-refractivity contribution in [2.45, 2.75) is 0 Å². The molecule has 0 saturated carbocycles. The Balaban J connectivity index is 2.28. The zero-order valence-electron chi connectivity index (χ0n) is 8.77. The van der Waals surface area contributed by atoms with E-state index in [0.29, 0.717) is 17.0 Å². The molecule has 3 rings (SSSR count). The highest BCUT2D eigenvalue weighted by atomic mass is 19.1. The van der Waals surface area contributed by atoms with Gasteiger partial charge in [-0.1, -0.05) is 0 Å². The molecule has 0 radical (unpaired) electrons. The van der Waals surface area contributed by atoms with Gasteiger partial charge in [0.15, 0.2) is 5.78 Å². The van der Waals surface area contributed by atoms with Crippen LogP contribution in [-0.2, 0) is 0 Å². The average molecular weight is 232 g/mol. The Bertz CT molecular complexity index is 728. The van der Waals surface area contributed by atoms with Gasteiger partial charge in [-0.15, -0.1) is 0 Å². The number of aromatic amines is 1. The standard InChI is InChI=1S/C11H9FN4O/c12-6-1-2-9-7(3-6)14-11-15-8(5-16(9)11)10(17)4-13/h1-3,5H,4,13H2,(H,14,15). The van der Waals surface area contributed by atoms with Gasteiger partial charge in [0, 0.05) is 12.3 Å². The first-order chi connectivity index (χ1) is 8.19. The highest BCUT2D eigenvalue weighted by Crippen LogP contribution is 2.18. The van der Waals surface area contributed by atoms with Crippen LogP contribution in [0.1, 0.15) is 10.5 Å².